The second kappa shape index (κ2) is 6.44. The SMILES string of the molecule is C=C[C@H](CC(=O)Nc1cnccn1)c1ccccc1. The molecule has 1 atom stereocenters. The van der Waals surface area contributed by atoms with Crippen molar-refractivity contribution in [3.8, 4) is 0 Å². The Labute approximate surface area is 112 Å². The van der Waals surface area contributed by atoms with Gasteiger partial charge < -0.3 is 5.32 Å². The van der Waals surface area contributed by atoms with Crippen molar-refractivity contribution >= 4 is 11.7 Å². The summed E-state index contributed by atoms with van der Waals surface area (Å²) >= 11 is 0. The number of amides is 1. The molecular formula is C15H15N3O. The van der Waals surface area contributed by atoms with Crippen molar-refractivity contribution in [3.05, 3.63) is 67.1 Å². The van der Waals surface area contributed by atoms with E-state index in [0.29, 0.717) is 12.2 Å². The van der Waals surface area contributed by atoms with E-state index < -0.39 is 0 Å². The van der Waals surface area contributed by atoms with Gasteiger partial charge in [0.25, 0.3) is 0 Å². The van der Waals surface area contributed by atoms with E-state index in [1.807, 2.05) is 30.3 Å². The van der Waals surface area contributed by atoms with Crippen molar-refractivity contribution in [1.82, 2.24) is 9.97 Å². The first-order chi connectivity index (χ1) is 9.29. The maximum atomic E-state index is 11.9. The highest BCUT2D eigenvalue weighted by molar-refractivity contribution is 5.90. The Balaban J connectivity index is 1.99. The summed E-state index contributed by atoms with van der Waals surface area (Å²) in [4.78, 5) is 19.8. The second-order valence-corrected chi connectivity index (χ2v) is 4.10. The number of nitrogens with zero attached hydrogens (tertiary/aromatic N) is 2. The highest BCUT2D eigenvalue weighted by Gasteiger charge is 2.13. The number of aromatic nitrogens is 2. The van der Waals surface area contributed by atoms with Crippen molar-refractivity contribution < 1.29 is 4.79 Å². The first kappa shape index (κ1) is 13.0. The maximum Gasteiger partial charge on any atom is 0.226 e. The zero-order valence-electron chi connectivity index (χ0n) is 10.5. The van der Waals surface area contributed by atoms with Gasteiger partial charge in [-0.1, -0.05) is 36.4 Å². The summed E-state index contributed by atoms with van der Waals surface area (Å²) in [6.45, 7) is 3.79. The molecule has 0 unspecified atom stereocenters. The minimum absolute atomic E-state index is 0.00197. The van der Waals surface area contributed by atoms with Crippen molar-refractivity contribution in [2.45, 2.75) is 12.3 Å². The van der Waals surface area contributed by atoms with Crippen LogP contribution < -0.4 is 5.32 Å². The normalized spacial score (nSPS) is 11.6. The van der Waals surface area contributed by atoms with Crippen LogP contribution in [0.25, 0.3) is 0 Å². The van der Waals surface area contributed by atoms with E-state index in [4.69, 9.17) is 0 Å². The molecule has 0 aliphatic rings. The first-order valence-electron chi connectivity index (χ1n) is 6.03. The molecule has 4 heteroatoms. The first-order valence-corrected chi connectivity index (χ1v) is 6.03. The molecule has 0 saturated carbocycles. The van der Waals surface area contributed by atoms with Crippen LogP contribution in [-0.2, 0) is 4.79 Å². The number of hydrogen-bond donors (Lipinski definition) is 1. The molecule has 1 aromatic heterocycles. The summed E-state index contributed by atoms with van der Waals surface area (Å²) in [5.41, 5.74) is 1.08. The van der Waals surface area contributed by atoms with Crippen LogP contribution >= 0.6 is 0 Å². The van der Waals surface area contributed by atoms with E-state index in [-0.39, 0.29) is 11.8 Å². The van der Waals surface area contributed by atoms with Gasteiger partial charge in [0.05, 0.1) is 6.20 Å². The van der Waals surface area contributed by atoms with Gasteiger partial charge in [-0.05, 0) is 5.56 Å². The summed E-state index contributed by atoms with van der Waals surface area (Å²) in [6, 6.07) is 9.83. The lowest BCUT2D eigenvalue weighted by atomic mass is 9.95. The van der Waals surface area contributed by atoms with Crippen molar-refractivity contribution in [3.63, 3.8) is 0 Å². The Bertz CT molecular complexity index is 540. The van der Waals surface area contributed by atoms with E-state index in [1.54, 1.807) is 12.3 Å². The highest BCUT2D eigenvalue weighted by Crippen LogP contribution is 2.20. The molecule has 0 bridgehead atoms. The molecule has 4 nitrogen and oxygen atoms in total. The lowest BCUT2D eigenvalue weighted by molar-refractivity contribution is -0.116. The highest BCUT2D eigenvalue weighted by atomic mass is 16.1. The number of hydrogen-bond acceptors (Lipinski definition) is 3. The molecular weight excluding hydrogens is 238 g/mol. The average Bonchev–Trinajstić information content (AvgIpc) is 2.47. The predicted molar refractivity (Wildman–Crippen MR) is 74.7 cm³/mol. The van der Waals surface area contributed by atoms with E-state index >= 15 is 0 Å². The number of rotatable bonds is 5. The topological polar surface area (TPSA) is 54.9 Å². The Morgan fingerprint density at radius 2 is 2.11 bits per heavy atom. The molecule has 1 N–H and O–H groups in total. The van der Waals surface area contributed by atoms with Gasteiger partial charge >= 0.3 is 0 Å². The van der Waals surface area contributed by atoms with Crippen LogP contribution in [0.1, 0.15) is 17.9 Å². The number of anilines is 1. The monoisotopic (exact) mass is 253 g/mol. The molecule has 96 valence electrons. The van der Waals surface area contributed by atoms with Gasteiger partial charge in [-0.3, -0.25) is 9.78 Å². The van der Waals surface area contributed by atoms with Gasteiger partial charge in [0, 0.05) is 24.7 Å². The van der Waals surface area contributed by atoms with E-state index in [1.165, 1.54) is 12.4 Å². The van der Waals surface area contributed by atoms with E-state index in [2.05, 4.69) is 21.9 Å². The van der Waals surface area contributed by atoms with Crippen LogP contribution in [0.2, 0.25) is 0 Å². The Morgan fingerprint density at radius 1 is 1.32 bits per heavy atom. The van der Waals surface area contributed by atoms with Crippen molar-refractivity contribution in [2.75, 3.05) is 5.32 Å². The zero-order valence-corrected chi connectivity index (χ0v) is 10.5. The molecule has 0 aliphatic carbocycles. The van der Waals surface area contributed by atoms with E-state index in [9.17, 15) is 4.79 Å². The van der Waals surface area contributed by atoms with Gasteiger partial charge in [-0.2, -0.15) is 0 Å². The molecule has 1 amide bonds. The van der Waals surface area contributed by atoms with Gasteiger partial charge in [0.15, 0.2) is 5.82 Å². The molecule has 0 radical (unpaired) electrons. The third kappa shape index (κ3) is 3.74. The van der Waals surface area contributed by atoms with Gasteiger partial charge in [-0.25, -0.2) is 4.98 Å². The third-order valence-electron chi connectivity index (χ3n) is 2.75. The van der Waals surface area contributed by atoms with Crippen LogP contribution in [0, 0.1) is 0 Å². The van der Waals surface area contributed by atoms with Crippen LogP contribution in [-0.4, -0.2) is 15.9 Å². The minimum Gasteiger partial charge on any atom is -0.309 e. The number of carbonyl (C=O) groups excluding carboxylic acids is 1. The largest absolute Gasteiger partial charge is 0.309 e. The number of benzene rings is 1. The second-order valence-electron chi connectivity index (χ2n) is 4.10. The molecule has 1 aromatic carbocycles. The number of carbonyl (C=O) groups is 1. The molecule has 0 saturated heterocycles. The van der Waals surface area contributed by atoms with Crippen LogP contribution in [0.15, 0.2) is 61.6 Å². The summed E-state index contributed by atoms with van der Waals surface area (Å²) in [7, 11) is 0. The maximum absolute atomic E-state index is 11.9. The molecule has 19 heavy (non-hydrogen) atoms. The van der Waals surface area contributed by atoms with Crippen LogP contribution in [0.5, 0.6) is 0 Å². The Kier molecular flexibility index (Phi) is 4.39. The van der Waals surface area contributed by atoms with Gasteiger partial charge in [-0.15, -0.1) is 6.58 Å². The summed E-state index contributed by atoms with van der Waals surface area (Å²) < 4.78 is 0. The molecule has 0 fully saturated rings. The van der Waals surface area contributed by atoms with Gasteiger partial charge in [0.1, 0.15) is 0 Å². The fraction of sp³-hybridized carbons (Fsp3) is 0.133. The predicted octanol–water partition coefficient (Wildman–Crippen LogP) is 2.78. The van der Waals surface area contributed by atoms with Crippen LogP contribution in [0.4, 0.5) is 5.82 Å². The molecule has 0 spiro atoms. The molecule has 2 aromatic rings. The molecule has 2 rings (SSSR count). The lowest BCUT2D eigenvalue weighted by Gasteiger charge is -2.12. The Hall–Kier alpha value is -2.49. The summed E-state index contributed by atoms with van der Waals surface area (Å²) in [5.74, 6) is 0.357. The molecule has 0 aliphatic heterocycles. The number of nitrogens with one attached hydrogen (secondary N) is 1. The minimum atomic E-state index is -0.103. The van der Waals surface area contributed by atoms with Crippen LogP contribution in [0.3, 0.4) is 0 Å². The number of allylic oxidation sites excluding steroid dienone is 1. The summed E-state index contributed by atoms with van der Waals surface area (Å²) in [5, 5.41) is 2.72. The molecule has 1 heterocycles. The lowest BCUT2D eigenvalue weighted by Crippen LogP contribution is -2.15. The van der Waals surface area contributed by atoms with Crippen molar-refractivity contribution in [1.29, 1.82) is 0 Å². The fourth-order valence-electron chi connectivity index (χ4n) is 1.79. The van der Waals surface area contributed by atoms with Gasteiger partial charge in [0.2, 0.25) is 5.91 Å². The smallest absolute Gasteiger partial charge is 0.226 e. The quantitative estimate of drug-likeness (QED) is 0.834. The van der Waals surface area contributed by atoms with E-state index in [0.717, 1.165) is 5.56 Å². The fourth-order valence-corrected chi connectivity index (χ4v) is 1.79. The zero-order chi connectivity index (χ0) is 13.5. The average molecular weight is 253 g/mol. The standard InChI is InChI=1S/C15H15N3O/c1-2-12(13-6-4-3-5-7-13)10-15(19)18-14-11-16-8-9-17-14/h2-9,11-12H,1,10H2,(H,17,18,19)/t12-/m1/s1. The Morgan fingerprint density at radius 3 is 2.74 bits per heavy atom. The third-order valence-corrected chi connectivity index (χ3v) is 2.75. The summed E-state index contributed by atoms with van der Waals surface area (Å²) in [6.07, 6.45) is 6.74. The van der Waals surface area contributed by atoms with Crippen molar-refractivity contribution in [2.24, 2.45) is 0 Å².